The zero-order valence-electron chi connectivity index (χ0n) is 10.4. The first kappa shape index (κ1) is 13.0. The van der Waals surface area contributed by atoms with E-state index in [9.17, 15) is 9.18 Å². The summed E-state index contributed by atoms with van der Waals surface area (Å²) in [4.78, 5) is 15.5. The molecule has 1 aromatic carbocycles. The van der Waals surface area contributed by atoms with Crippen molar-refractivity contribution in [1.82, 2.24) is 9.38 Å². The number of hydrogen-bond acceptors (Lipinski definition) is 2. The highest BCUT2D eigenvalue weighted by atomic mass is 79.9. The lowest BCUT2D eigenvalue weighted by Crippen LogP contribution is -1.96. The number of pyridine rings is 1. The van der Waals surface area contributed by atoms with Gasteiger partial charge < -0.3 is 4.40 Å². The van der Waals surface area contributed by atoms with Gasteiger partial charge in [-0.05, 0) is 45.8 Å². The lowest BCUT2D eigenvalue weighted by atomic mass is 10.1. The van der Waals surface area contributed by atoms with Crippen molar-refractivity contribution in [2.45, 2.75) is 6.42 Å². The van der Waals surface area contributed by atoms with Gasteiger partial charge in [0.2, 0.25) is 0 Å². The van der Waals surface area contributed by atoms with E-state index in [1.165, 1.54) is 12.1 Å². The number of halogens is 2. The molecule has 0 spiro atoms. The lowest BCUT2D eigenvalue weighted by Gasteiger charge is -2.02. The van der Waals surface area contributed by atoms with Crippen molar-refractivity contribution < 1.29 is 9.18 Å². The molecule has 5 heteroatoms. The van der Waals surface area contributed by atoms with Gasteiger partial charge in [0.15, 0.2) is 6.29 Å². The minimum Gasteiger partial charge on any atom is -0.302 e. The molecule has 0 unspecified atom stereocenters. The molecule has 100 valence electrons. The van der Waals surface area contributed by atoms with Crippen LogP contribution in [-0.2, 0) is 6.42 Å². The Morgan fingerprint density at radius 3 is 2.70 bits per heavy atom. The molecule has 0 aliphatic heterocycles. The third-order valence-corrected chi connectivity index (χ3v) is 3.74. The van der Waals surface area contributed by atoms with Crippen molar-refractivity contribution in [1.29, 1.82) is 0 Å². The predicted molar refractivity (Wildman–Crippen MR) is 77.5 cm³/mol. The van der Waals surface area contributed by atoms with Crippen molar-refractivity contribution in [2.75, 3.05) is 0 Å². The minimum atomic E-state index is -0.266. The molecule has 3 aromatic rings. The third-order valence-electron chi connectivity index (χ3n) is 3.10. The second-order valence-corrected chi connectivity index (χ2v) is 5.26. The number of aromatic nitrogens is 2. The highest BCUT2D eigenvalue weighted by Gasteiger charge is 2.13. The summed E-state index contributed by atoms with van der Waals surface area (Å²) in [5.74, 6) is 0.480. The van der Waals surface area contributed by atoms with Crippen LogP contribution in [0.15, 0.2) is 47.1 Å². The number of carbonyl (C=O) groups excluding carboxylic acids is 1. The molecule has 0 amide bonds. The first-order chi connectivity index (χ1) is 9.69. The van der Waals surface area contributed by atoms with E-state index in [2.05, 4.69) is 20.9 Å². The fourth-order valence-electron chi connectivity index (χ4n) is 2.18. The molecular formula is C15H10BrFN2O. The van der Waals surface area contributed by atoms with Crippen LogP contribution in [0, 0.1) is 5.82 Å². The number of carbonyl (C=O) groups is 1. The van der Waals surface area contributed by atoms with Crippen LogP contribution in [0.3, 0.4) is 0 Å². The molecule has 3 rings (SSSR count). The maximum Gasteiger partial charge on any atom is 0.170 e. The Bertz CT molecular complexity index is 780. The Balaban J connectivity index is 2.10. The normalized spacial score (nSPS) is 10.9. The monoisotopic (exact) mass is 332 g/mol. The Hall–Kier alpha value is -2.01. The largest absolute Gasteiger partial charge is 0.302 e. The van der Waals surface area contributed by atoms with Gasteiger partial charge in [-0.15, -0.1) is 0 Å². The summed E-state index contributed by atoms with van der Waals surface area (Å²) >= 11 is 3.43. The number of hydrogen-bond donors (Lipinski definition) is 0. The van der Waals surface area contributed by atoms with Crippen molar-refractivity contribution in [3.05, 3.63) is 70.0 Å². The summed E-state index contributed by atoms with van der Waals surface area (Å²) in [5.41, 5.74) is 2.09. The average molecular weight is 333 g/mol. The maximum atomic E-state index is 12.9. The SMILES string of the molecule is O=Cc1nc(Cc2ccc(F)cc2)n2cccc(Br)c12. The van der Waals surface area contributed by atoms with E-state index in [0.29, 0.717) is 12.1 Å². The average Bonchev–Trinajstić information content (AvgIpc) is 2.81. The molecule has 0 aliphatic carbocycles. The van der Waals surface area contributed by atoms with Crippen LogP contribution in [0.5, 0.6) is 0 Å². The van der Waals surface area contributed by atoms with Gasteiger partial charge in [-0.2, -0.15) is 0 Å². The van der Waals surface area contributed by atoms with E-state index in [4.69, 9.17) is 0 Å². The van der Waals surface area contributed by atoms with E-state index in [1.807, 2.05) is 22.7 Å². The Kier molecular flexibility index (Phi) is 3.36. The third kappa shape index (κ3) is 2.25. The number of rotatable bonds is 3. The van der Waals surface area contributed by atoms with Crippen molar-refractivity contribution >= 4 is 27.7 Å². The first-order valence-corrected chi connectivity index (χ1v) is 6.83. The molecule has 0 atom stereocenters. The molecule has 0 bridgehead atoms. The zero-order valence-corrected chi connectivity index (χ0v) is 12.0. The van der Waals surface area contributed by atoms with Gasteiger partial charge in [-0.1, -0.05) is 12.1 Å². The number of nitrogens with zero attached hydrogens (tertiary/aromatic N) is 2. The van der Waals surface area contributed by atoms with E-state index in [0.717, 1.165) is 27.7 Å². The van der Waals surface area contributed by atoms with Crippen LogP contribution < -0.4 is 0 Å². The standard InChI is InChI=1S/C15H10BrFN2O/c16-12-2-1-7-19-14(18-13(9-20)15(12)19)8-10-3-5-11(17)6-4-10/h1-7,9H,8H2. The van der Waals surface area contributed by atoms with Crippen LogP contribution in [0.2, 0.25) is 0 Å². The summed E-state index contributed by atoms with van der Waals surface area (Å²) in [6.45, 7) is 0. The van der Waals surface area contributed by atoms with Crippen LogP contribution in [0.4, 0.5) is 4.39 Å². The molecule has 3 nitrogen and oxygen atoms in total. The highest BCUT2D eigenvalue weighted by Crippen LogP contribution is 2.23. The molecule has 2 heterocycles. The van der Waals surface area contributed by atoms with Crippen molar-refractivity contribution in [3.8, 4) is 0 Å². The van der Waals surface area contributed by atoms with Gasteiger partial charge in [0.1, 0.15) is 17.3 Å². The molecule has 0 aliphatic rings. The van der Waals surface area contributed by atoms with Crippen LogP contribution in [-0.4, -0.2) is 15.7 Å². The lowest BCUT2D eigenvalue weighted by molar-refractivity contribution is 0.112. The Morgan fingerprint density at radius 1 is 1.25 bits per heavy atom. The maximum absolute atomic E-state index is 12.9. The van der Waals surface area contributed by atoms with Crippen LogP contribution >= 0.6 is 15.9 Å². The second kappa shape index (κ2) is 5.17. The summed E-state index contributed by atoms with van der Waals surface area (Å²) in [6.07, 6.45) is 3.14. The smallest absolute Gasteiger partial charge is 0.170 e. The molecule has 0 saturated heterocycles. The first-order valence-electron chi connectivity index (χ1n) is 6.04. The van der Waals surface area contributed by atoms with E-state index >= 15 is 0 Å². The molecule has 0 radical (unpaired) electrons. The van der Waals surface area contributed by atoms with Crippen molar-refractivity contribution in [3.63, 3.8) is 0 Å². The van der Waals surface area contributed by atoms with E-state index in [1.54, 1.807) is 12.1 Å². The minimum absolute atomic E-state index is 0.266. The molecule has 2 aromatic heterocycles. The number of fused-ring (bicyclic) bond motifs is 1. The van der Waals surface area contributed by atoms with Crippen molar-refractivity contribution in [2.24, 2.45) is 0 Å². The topological polar surface area (TPSA) is 34.4 Å². The predicted octanol–water partition coefficient (Wildman–Crippen LogP) is 3.64. The molecule has 0 N–H and O–H groups in total. The van der Waals surface area contributed by atoms with Gasteiger partial charge >= 0.3 is 0 Å². The highest BCUT2D eigenvalue weighted by molar-refractivity contribution is 9.10. The van der Waals surface area contributed by atoms with Gasteiger partial charge in [0, 0.05) is 17.1 Å². The summed E-state index contributed by atoms with van der Waals surface area (Å²) in [5, 5.41) is 0. The molecular weight excluding hydrogens is 323 g/mol. The van der Waals surface area contributed by atoms with Gasteiger partial charge in [-0.25, -0.2) is 9.37 Å². The quantitative estimate of drug-likeness (QED) is 0.686. The summed E-state index contributed by atoms with van der Waals surface area (Å²) in [6, 6.07) is 10.0. The second-order valence-electron chi connectivity index (χ2n) is 4.41. The van der Waals surface area contributed by atoms with Crippen LogP contribution in [0.25, 0.3) is 5.52 Å². The van der Waals surface area contributed by atoms with Crippen LogP contribution in [0.1, 0.15) is 21.9 Å². The summed E-state index contributed by atoms with van der Waals surface area (Å²) < 4.78 is 15.6. The Labute approximate surface area is 123 Å². The molecule has 20 heavy (non-hydrogen) atoms. The van der Waals surface area contributed by atoms with Gasteiger partial charge in [-0.3, -0.25) is 4.79 Å². The number of imidazole rings is 1. The number of aldehydes is 1. The van der Waals surface area contributed by atoms with E-state index in [-0.39, 0.29) is 5.82 Å². The fourth-order valence-corrected chi connectivity index (χ4v) is 2.73. The summed E-state index contributed by atoms with van der Waals surface area (Å²) in [7, 11) is 0. The van der Waals surface area contributed by atoms with Gasteiger partial charge in [0.05, 0.1) is 5.52 Å². The zero-order chi connectivity index (χ0) is 14.1. The number of benzene rings is 1. The van der Waals surface area contributed by atoms with E-state index < -0.39 is 0 Å². The molecule has 0 fully saturated rings. The Morgan fingerprint density at radius 2 is 2.00 bits per heavy atom. The van der Waals surface area contributed by atoms with Gasteiger partial charge in [0.25, 0.3) is 0 Å². The molecule has 0 saturated carbocycles. The fraction of sp³-hybridized carbons (Fsp3) is 0.0667.